The van der Waals surface area contributed by atoms with Gasteiger partial charge in [-0.2, -0.15) is 5.10 Å². The summed E-state index contributed by atoms with van der Waals surface area (Å²) in [5, 5.41) is 16.2. The van der Waals surface area contributed by atoms with E-state index in [-0.39, 0.29) is 57.3 Å². The van der Waals surface area contributed by atoms with Crippen LogP contribution in [0, 0.1) is 11.6 Å². The van der Waals surface area contributed by atoms with E-state index < -0.39 is 29.1 Å². The topological polar surface area (TPSA) is 106 Å². The smallest absolute Gasteiger partial charge is 0.545 e. The molecule has 1 aliphatic carbocycles. The molecule has 7 nitrogen and oxygen atoms in total. The average molecular weight is 553 g/mol. The molecule has 0 atom stereocenters. The first-order valence-corrected chi connectivity index (χ1v) is 12.5. The fourth-order valence-electron chi connectivity index (χ4n) is 4.26. The summed E-state index contributed by atoms with van der Waals surface area (Å²) < 4.78 is 33.9. The number of carbonyl (C=O) groups is 2. The van der Waals surface area contributed by atoms with Crippen LogP contribution in [0.5, 0.6) is 0 Å². The number of carboxylic acid groups (broad SMARTS) is 1. The van der Waals surface area contributed by atoms with Crippen LogP contribution < -0.4 is 40.4 Å². The van der Waals surface area contributed by atoms with Gasteiger partial charge >= 0.3 is 29.6 Å². The van der Waals surface area contributed by atoms with Crippen molar-refractivity contribution in [2.45, 2.75) is 47.9 Å². The molecule has 0 unspecified atom stereocenters. The van der Waals surface area contributed by atoms with Gasteiger partial charge in [-0.1, -0.05) is 35.5 Å². The number of benzene rings is 2. The Kier molecular flexibility index (Phi) is 8.35. The van der Waals surface area contributed by atoms with E-state index in [4.69, 9.17) is 17.3 Å². The number of carboxylic acids is 1. The minimum Gasteiger partial charge on any atom is -0.545 e. The third-order valence-corrected chi connectivity index (χ3v) is 7.52. The molecular formula is C25H20ClF2N4NaO3S. The summed E-state index contributed by atoms with van der Waals surface area (Å²) >= 11 is 7.21. The van der Waals surface area contributed by atoms with Crippen LogP contribution in [0.2, 0.25) is 5.02 Å². The fourth-order valence-corrected chi connectivity index (χ4v) is 5.62. The number of rotatable bonds is 9. The largest absolute Gasteiger partial charge is 1.00 e. The van der Waals surface area contributed by atoms with Crippen LogP contribution in [0.4, 0.5) is 8.78 Å². The van der Waals surface area contributed by atoms with Crippen LogP contribution in [-0.4, -0.2) is 26.2 Å². The Morgan fingerprint density at radius 1 is 1.19 bits per heavy atom. The number of fused-ring (bicyclic) bond motifs is 1. The van der Waals surface area contributed by atoms with Crippen molar-refractivity contribution in [2.75, 3.05) is 0 Å². The molecule has 186 valence electrons. The van der Waals surface area contributed by atoms with Crippen molar-refractivity contribution in [3.05, 3.63) is 70.6 Å². The van der Waals surface area contributed by atoms with Crippen LogP contribution in [0.3, 0.4) is 0 Å². The molecule has 1 saturated carbocycles. The number of nitrogens with zero attached hydrogens (tertiary/aromatic N) is 3. The Bertz CT molecular complexity index is 1520. The Hall–Kier alpha value is -2.37. The zero-order valence-electron chi connectivity index (χ0n) is 19.8. The van der Waals surface area contributed by atoms with Crippen LogP contribution in [0.15, 0.2) is 52.5 Å². The second-order valence-corrected chi connectivity index (χ2v) is 10.1. The monoisotopic (exact) mass is 552 g/mol. The second-order valence-electron chi connectivity index (χ2n) is 8.62. The molecular weight excluding hydrogens is 533 g/mol. The molecule has 1 aliphatic rings. The van der Waals surface area contributed by atoms with Gasteiger partial charge in [0, 0.05) is 51.5 Å². The Balaban J connectivity index is 0.00000320. The van der Waals surface area contributed by atoms with Gasteiger partial charge < -0.3 is 20.2 Å². The molecule has 1 fully saturated rings. The summed E-state index contributed by atoms with van der Waals surface area (Å²) in [6, 6.07) is 7.20. The maximum Gasteiger partial charge on any atom is 1.00 e. The Morgan fingerprint density at radius 3 is 2.62 bits per heavy atom. The number of nitrogens with two attached hydrogens (primary N) is 1. The van der Waals surface area contributed by atoms with Gasteiger partial charge in [0.2, 0.25) is 5.91 Å². The van der Waals surface area contributed by atoms with Gasteiger partial charge in [-0.25, -0.2) is 8.78 Å². The predicted octanol–water partition coefficient (Wildman–Crippen LogP) is 1.42. The van der Waals surface area contributed by atoms with Crippen molar-refractivity contribution < 1.29 is 53.0 Å². The number of aryl methyl sites for hydroxylation is 1. The molecule has 0 aliphatic heterocycles. The van der Waals surface area contributed by atoms with Crippen molar-refractivity contribution in [1.82, 2.24) is 14.3 Å². The number of amides is 1. The maximum absolute atomic E-state index is 15.5. The summed E-state index contributed by atoms with van der Waals surface area (Å²) in [4.78, 5) is 23.1. The normalized spacial score (nSPS) is 13.1. The molecule has 2 N–H and O–H groups in total. The molecule has 4 aromatic rings. The first-order valence-electron chi connectivity index (χ1n) is 11.3. The van der Waals surface area contributed by atoms with Gasteiger partial charge in [-0.15, -0.1) is 0 Å². The van der Waals surface area contributed by atoms with Crippen molar-refractivity contribution in [3.63, 3.8) is 0 Å². The van der Waals surface area contributed by atoms with E-state index in [1.54, 1.807) is 27.7 Å². The first kappa shape index (κ1) is 27.7. The predicted molar refractivity (Wildman–Crippen MR) is 129 cm³/mol. The molecule has 2 aromatic heterocycles. The van der Waals surface area contributed by atoms with Crippen LogP contribution in [0.25, 0.3) is 16.6 Å². The zero-order valence-corrected chi connectivity index (χ0v) is 23.4. The van der Waals surface area contributed by atoms with Gasteiger partial charge in [-0.3, -0.25) is 9.48 Å². The Morgan fingerprint density at radius 2 is 1.95 bits per heavy atom. The molecule has 0 saturated heterocycles. The molecule has 0 bridgehead atoms. The summed E-state index contributed by atoms with van der Waals surface area (Å²) in [6.45, 7) is 0.451. The summed E-state index contributed by atoms with van der Waals surface area (Å²) in [5.41, 5.74) is 6.29. The number of hydrogen-bond donors (Lipinski definition) is 1. The van der Waals surface area contributed by atoms with E-state index in [1.807, 2.05) is 0 Å². The van der Waals surface area contributed by atoms with E-state index in [0.717, 1.165) is 36.4 Å². The minimum absolute atomic E-state index is 0. The fraction of sp³-hybridized carbons (Fsp3) is 0.240. The number of aromatic nitrogens is 3. The molecule has 37 heavy (non-hydrogen) atoms. The molecule has 2 heterocycles. The first-order chi connectivity index (χ1) is 17.3. The van der Waals surface area contributed by atoms with Gasteiger partial charge in [0.1, 0.15) is 5.82 Å². The minimum atomic E-state index is -1.61. The summed E-state index contributed by atoms with van der Waals surface area (Å²) in [7, 11) is 0. The molecule has 0 spiro atoms. The number of carbonyl (C=O) groups excluding carboxylic acids is 2. The van der Waals surface area contributed by atoms with E-state index in [1.165, 1.54) is 18.2 Å². The van der Waals surface area contributed by atoms with Gasteiger partial charge in [0.15, 0.2) is 5.82 Å². The van der Waals surface area contributed by atoms with E-state index in [2.05, 4.69) is 5.10 Å². The second kappa shape index (κ2) is 11.2. The quantitative estimate of drug-likeness (QED) is 0.316. The summed E-state index contributed by atoms with van der Waals surface area (Å²) in [5.74, 6) is -3.43. The number of aromatic carboxylic acids is 1. The molecule has 1 amide bonds. The van der Waals surface area contributed by atoms with Crippen molar-refractivity contribution >= 4 is 46.1 Å². The van der Waals surface area contributed by atoms with E-state index in [0.29, 0.717) is 28.9 Å². The van der Waals surface area contributed by atoms with Gasteiger partial charge in [0.25, 0.3) is 0 Å². The van der Waals surface area contributed by atoms with E-state index >= 15 is 8.78 Å². The molecule has 0 radical (unpaired) electrons. The maximum atomic E-state index is 15.5. The van der Waals surface area contributed by atoms with Crippen molar-refractivity contribution in [2.24, 2.45) is 5.73 Å². The van der Waals surface area contributed by atoms with Gasteiger partial charge in [0.05, 0.1) is 28.4 Å². The number of halogens is 3. The molecule has 12 heteroatoms. The van der Waals surface area contributed by atoms with Crippen molar-refractivity contribution in [1.29, 1.82) is 0 Å². The van der Waals surface area contributed by atoms with Crippen LogP contribution in [0.1, 0.15) is 47.7 Å². The number of hydrogen-bond acceptors (Lipinski definition) is 5. The third-order valence-electron chi connectivity index (χ3n) is 6.06. The van der Waals surface area contributed by atoms with Gasteiger partial charge in [-0.05, 0) is 37.5 Å². The van der Waals surface area contributed by atoms with E-state index in [9.17, 15) is 14.7 Å². The van der Waals surface area contributed by atoms with Crippen LogP contribution >= 0.6 is 23.4 Å². The average Bonchev–Trinajstić information content (AvgIpc) is 3.47. The van der Waals surface area contributed by atoms with Crippen molar-refractivity contribution in [3.8, 4) is 5.69 Å². The molecule has 2 aromatic carbocycles. The Labute approximate surface area is 242 Å². The standard InChI is InChI=1S/C25H21ClF2N4O3S.Na/c26-17-9-8-16-23(21(17)28)32(14-11-30-31(12-14)10-2-5-19(29)33)22(13-6-7-13)24(16)36-18-4-1-3-15(20(18)27)25(34)35;/h1,3-4,8-9,11-13H,2,5-7,10H2,(H2,29,33)(H,34,35);/q;+1/p-1. The third kappa shape index (κ3) is 5.44. The number of primary amides is 1. The van der Waals surface area contributed by atoms with Crippen LogP contribution in [-0.2, 0) is 11.3 Å². The summed E-state index contributed by atoms with van der Waals surface area (Å²) in [6.07, 6.45) is 5.81. The SMILES string of the molecule is NC(=O)CCCn1cc(-n2c(C3CC3)c(Sc3cccc(C(=O)[O-])c3F)c3ccc(Cl)c(F)c32)cn1.[Na+]. The molecule has 5 rings (SSSR count). The zero-order chi connectivity index (χ0) is 25.6.